The number of nitrogens with one attached hydrogen (secondary N) is 2. The van der Waals surface area contributed by atoms with Gasteiger partial charge in [0.05, 0.1) is 6.10 Å². The summed E-state index contributed by atoms with van der Waals surface area (Å²) < 4.78 is 5.68. The zero-order valence-electron chi connectivity index (χ0n) is 16.4. The number of hydrogen-bond acceptors (Lipinski definition) is 3. The number of guanidine groups is 1. The smallest absolute Gasteiger partial charge is 0.243 e. The van der Waals surface area contributed by atoms with Crippen LogP contribution in [0.3, 0.4) is 0 Å². The van der Waals surface area contributed by atoms with Gasteiger partial charge < -0.3 is 20.3 Å². The van der Waals surface area contributed by atoms with Gasteiger partial charge in [0.1, 0.15) is 6.54 Å². The lowest BCUT2D eigenvalue weighted by molar-refractivity contribution is -0.127. The van der Waals surface area contributed by atoms with Gasteiger partial charge in [0.15, 0.2) is 5.96 Å². The molecule has 0 aromatic carbocycles. The van der Waals surface area contributed by atoms with Crippen molar-refractivity contribution in [2.45, 2.75) is 64.5 Å². The molecule has 2 N–H and O–H groups in total. The van der Waals surface area contributed by atoms with Crippen LogP contribution < -0.4 is 10.6 Å². The van der Waals surface area contributed by atoms with Crippen molar-refractivity contribution < 1.29 is 9.53 Å². The summed E-state index contributed by atoms with van der Waals surface area (Å²) >= 11 is 0. The van der Waals surface area contributed by atoms with Crippen LogP contribution in [-0.2, 0) is 9.53 Å². The summed E-state index contributed by atoms with van der Waals surface area (Å²) in [6.07, 6.45) is 7.36. The van der Waals surface area contributed by atoms with Gasteiger partial charge in [0.2, 0.25) is 5.91 Å². The van der Waals surface area contributed by atoms with E-state index in [4.69, 9.17) is 4.74 Å². The topological polar surface area (TPSA) is 66.0 Å². The van der Waals surface area contributed by atoms with Gasteiger partial charge in [-0.2, -0.15) is 0 Å². The van der Waals surface area contributed by atoms with Gasteiger partial charge in [0.25, 0.3) is 0 Å². The van der Waals surface area contributed by atoms with Crippen LogP contribution in [0.15, 0.2) is 4.99 Å². The molecule has 2 aliphatic rings. The quantitative estimate of drug-likeness (QED) is 0.567. The Bertz CT molecular complexity index is 437. The van der Waals surface area contributed by atoms with Gasteiger partial charge in [-0.15, -0.1) is 0 Å². The standard InChI is InChI=1S/C19H36N4O2/c1-14(2)15-7-9-16(10-8-15)22-19(21-13-18(24)23(3)4)20-12-17-6-5-11-25-17/h14-17H,5-13H2,1-4H3,(H2,20,21,22). The van der Waals surface area contributed by atoms with Crippen LogP contribution in [0.4, 0.5) is 0 Å². The van der Waals surface area contributed by atoms with Crippen LogP contribution in [0.5, 0.6) is 0 Å². The third-order valence-electron chi connectivity index (χ3n) is 5.45. The maximum absolute atomic E-state index is 11.9. The summed E-state index contributed by atoms with van der Waals surface area (Å²) in [5.74, 6) is 2.37. The molecule has 1 amide bonds. The second-order valence-electron chi connectivity index (χ2n) is 7.97. The highest BCUT2D eigenvalue weighted by molar-refractivity contribution is 5.84. The van der Waals surface area contributed by atoms with Gasteiger partial charge in [0, 0.05) is 33.3 Å². The average Bonchev–Trinajstić information content (AvgIpc) is 3.10. The molecule has 1 saturated heterocycles. The van der Waals surface area contributed by atoms with E-state index in [1.54, 1.807) is 19.0 Å². The molecule has 25 heavy (non-hydrogen) atoms. The summed E-state index contributed by atoms with van der Waals surface area (Å²) in [7, 11) is 3.52. The minimum atomic E-state index is 0.0155. The summed E-state index contributed by atoms with van der Waals surface area (Å²) in [5, 5.41) is 6.93. The fourth-order valence-corrected chi connectivity index (χ4v) is 3.58. The normalized spacial score (nSPS) is 27.4. The van der Waals surface area contributed by atoms with E-state index >= 15 is 0 Å². The molecule has 1 saturated carbocycles. The third-order valence-corrected chi connectivity index (χ3v) is 5.45. The van der Waals surface area contributed by atoms with Gasteiger partial charge in [-0.25, -0.2) is 4.99 Å². The van der Waals surface area contributed by atoms with E-state index < -0.39 is 0 Å². The van der Waals surface area contributed by atoms with E-state index in [0.717, 1.165) is 43.8 Å². The van der Waals surface area contributed by atoms with Crippen molar-refractivity contribution in [3.63, 3.8) is 0 Å². The maximum atomic E-state index is 11.9. The number of carbonyl (C=O) groups excluding carboxylic acids is 1. The molecule has 1 unspecified atom stereocenters. The molecule has 144 valence electrons. The fraction of sp³-hybridized carbons (Fsp3) is 0.895. The number of aliphatic imine (C=N–C) groups is 1. The number of rotatable bonds is 6. The first-order valence-electron chi connectivity index (χ1n) is 9.82. The SMILES string of the molecule is CC(C)C1CCC(NC(=NCC(=O)N(C)C)NCC2CCCO2)CC1. The molecule has 0 spiro atoms. The summed E-state index contributed by atoms with van der Waals surface area (Å²) in [6, 6.07) is 0.445. The van der Waals surface area contributed by atoms with Crippen molar-refractivity contribution in [2.75, 3.05) is 33.8 Å². The molecule has 6 heteroatoms. The Kier molecular flexibility index (Phi) is 8.00. The predicted molar refractivity (Wildman–Crippen MR) is 102 cm³/mol. The van der Waals surface area contributed by atoms with Crippen molar-refractivity contribution in [2.24, 2.45) is 16.8 Å². The van der Waals surface area contributed by atoms with Gasteiger partial charge in [-0.05, 0) is 50.4 Å². The Morgan fingerprint density at radius 2 is 1.92 bits per heavy atom. The van der Waals surface area contributed by atoms with Gasteiger partial charge >= 0.3 is 0 Å². The Labute approximate surface area is 152 Å². The maximum Gasteiger partial charge on any atom is 0.243 e. The number of carbonyl (C=O) groups is 1. The molecule has 1 aliphatic carbocycles. The van der Waals surface area contributed by atoms with Gasteiger partial charge in [-0.1, -0.05) is 13.8 Å². The molecule has 2 fully saturated rings. The van der Waals surface area contributed by atoms with Crippen LogP contribution in [0.2, 0.25) is 0 Å². The van der Waals surface area contributed by atoms with E-state index in [1.807, 2.05) is 0 Å². The average molecular weight is 353 g/mol. The van der Waals surface area contributed by atoms with Crippen molar-refractivity contribution >= 4 is 11.9 Å². The number of nitrogens with zero attached hydrogens (tertiary/aromatic N) is 2. The second kappa shape index (κ2) is 10.00. The highest BCUT2D eigenvalue weighted by Gasteiger charge is 2.24. The minimum absolute atomic E-state index is 0.0155. The fourth-order valence-electron chi connectivity index (χ4n) is 3.58. The predicted octanol–water partition coefficient (Wildman–Crippen LogP) is 2.00. The summed E-state index contributed by atoms with van der Waals surface area (Å²) in [4.78, 5) is 17.9. The molecule has 1 atom stereocenters. The lowest BCUT2D eigenvalue weighted by Gasteiger charge is -2.32. The van der Waals surface area contributed by atoms with Crippen LogP contribution in [0, 0.1) is 11.8 Å². The first kappa shape index (κ1) is 20.0. The van der Waals surface area contributed by atoms with E-state index in [-0.39, 0.29) is 18.6 Å². The molecular weight excluding hydrogens is 316 g/mol. The van der Waals surface area contributed by atoms with Gasteiger partial charge in [-0.3, -0.25) is 4.79 Å². The monoisotopic (exact) mass is 352 g/mol. The molecule has 0 bridgehead atoms. The zero-order valence-corrected chi connectivity index (χ0v) is 16.4. The Balaban J connectivity index is 1.86. The first-order valence-corrected chi connectivity index (χ1v) is 9.82. The largest absolute Gasteiger partial charge is 0.376 e. The number of amides is 1. The molecule has 2 rings (SSSR count). The Morgan fingerprint density at radius 1 is 1.20 bits per heavy atom. The zero-order chi connectivity index (χ0) is 18.2. The number of likely N-dealkylation sites (N-methyl/N-ethyl adjacent to an activating group) is 1. The third kappa shape index (κ3) is 6.84. The molecular formula is C19H36N4O2. The molecule has 0 aromatic heterocycles. The Morgan fingerprint density at radius 3 is 2.48 bits per heavy atom. The molecule has 0 aromatic rings. The van der Waals surface area contributed by atoms with Crippen molar-refractivity contribution in [3.8, 4) is 0 Å². The molecule has 1 aliphatic heterocycles. The van der Waals surface area contributed by atoms with Crippen LogP contribution in [0.25, 0.3) is 0 Å². The minimum Gasteiger partial charge on any atom is -0.376 e. The number of ether oxygens (including phenoxy) is 1. The van der Waals surface area contributed by atoms with Crippen molar-refractivity contribution in [1.29, 1.82) is 0 Å². The highest BCUT2D eigenvalue weighted by atomic mass is 16.5. The van der Waals surface area contributed by atoms with E-state index in [1.165, 1.54) is 25.7 Å². The summed E-state index contributed by atoms with van der Waals surface area (Å²) in [6.45, 7) is 6.42. The second-order valence-corrected chi connectivity index (χ2v) is 7.97. The van der Waals surface area contributed by atoms with Crippen molar-refractivity contribution in [3.05, 3.63) is 0 Å². The lowest BCUT2D eigenvalue weighted by Crippen LogP contribution is -2.47. The molecule has 0 radical (unpaired) electrons. The van der Waals surface area contributed by atoms with Crippen LogP contribution >= 0.6 is 0 Å². The molecule has 6 nitrogen and oxygen atoms in total. The summed E-state index contributed by atoms with van der Waals surface area (Å²) in [5.41, 5.74) is 0. The Hall–Kier alpha value is -1.30. The van der Waals surface area contributed by atoms with Crippen LogP contribution in [-0.4, -0.2) is 62.7 Å². The first-order chi connectivity index (χ1) is 12.0. The van der Waals surface area contributed by atoms with E-state index in [2.05, 4.69) is 29.5 Å². The molecule has 1 heterocycles. The van der Waals surface area contributed by atoms with E-state index in [9.17, 15) is 4.79 Å². The number of hydrogen-bond donors (Lipinski definition) is 2. The van der Waals surface area contributed by atoms with E-state index in [0.29, 0.717) is 6.04 Å². The highest BCUT2D eigenvalue weighted by Crippen LogP contribution is 2.29. The van der Waals surface area contributed by atoms with Crippen molar-refractivity contribution in [1.82, 2.24) is 15.5 Å². The van der Waals surface area contributed by atoms with Crippen LogP contribution in [0.1, 0.15) is 52.4 Å². The lowest BCUT2D eigenvalue weighted by atomic mass is 9.80.